The highest BCUT2D eigenvalue weighted by Crippen LogP contribution is 2.29. The molecule has 2 aliphatic rings. The fraction of sp³-hybridized carbons (Fsp3) is 0.765. The fourth-order valence-electron chi connectivity index (χ4n) is 3.68. The maximum atomic E-state index is 3.57. The largest absolute Gasteiger partial charge is 0.314 e. The van der Waals surface area contributed by atoms with Crippen molar-refractivity contribution >= 4 is 11.3 Å². The summed E-state index contributed by atoms with van der Waals surface area (Å²) in [5.41, 5.74) is 0. The molecule has 3 heterocycles. The molecule has 0 amide bonds. The molecule has 0 radical (unpaired) electrons. The molecule has 2 aliphatic heterocycles. The van der Waals surface area contributed by atoms with Crippen molar-refractivity contribution in [3.8, 4) is 0 Å². The van der Waals surface area contributed by atoms with Gasteiger partial charge in [-0.05, 0) is 24.9 Å². The number of rotatable bonds is 5. The fourth-order valence-corrected chi connectivity index (χ4v) is 4.52. The lowest BCUT2D eigenvalue weighted by Gasteiger charge is -2.43. The van der Waals surface area contributed by atoms with Crippen molar-refractivity contribution in [2.45, 2.75) is 25.4 Å². The minimum Gasteiger partial charge on any atom is -0.314 e. The van der Waals surface area contributed by atoms with Gasteiger partial charge >= 0.3 is 0 Å². The van der Waals surface area contributed by atoms with Crippen LogP contribution in [-0.4, -0.2) is 80.1 Å². The Morgan fingerprint density at radius 2 is 2.09 bits per heavy atom. The number of hydrogen-bond acceptors (Lipinski definition) is 5. The van der Waals surface area contributed by atoms with Gasteiger partial charge in [-0.15, -0.1) is 11.3 Å². The predicted molar refractivity (Wildman–Crippen MR) is 94.7 cm³/mol. The molecule has 2 unspecified atom stereocenters. The summed E-state index contributed by atoms with van der Waals surface area (Å²) in [6, 6.07) is 5.78. The minimum absolute atomic E-state index is 0.565. The third-order valence-electron chi connectivity index (χ3n) is 5.17. The minimum atomic E-state index is 0.565. The Kier molecular flexibility index (Phi) is 5.88. The van der Waals surface area contributed by atoms with E-state index in [0.29, 0.717) is 12.1 Å². The van der Waals surface area contributed by atoms with Gasteiger partial charge in [0.2, 0.25) is 0 Å². The first-order valence-electron chi connectivity index (χ1n) is 8.68. The van der Waals surface area contributed by atoms with E-state index in [1.807, 2.05) is 11.3 Å². The van der Waals surface area contributed by atoms with Gasteiger partial charge in [0, 0.05) is 63.3 Å². The Labute approximate surface area is 139 Å². The van der Waals surface area contributed by atoms with Gasteiger partial charge in [0.25, 0.3) is 0 Å². The number of thiophene rings is 1. The number of piperazine rings is 2. The van der Waals surface area contributed by atoms with Crippen LogP contribution in [0.3, 0.4) is 0 Å². The third kappa shape index (κ3) is 3.89. The van der Waals surface area contributed by atoms with E-state index in [1.165, 1.54) is 45.7 Å². The maximum absolute atomic E-state index is 3.57. The molecule has 2 saturated heterocycles. The van der Waals surface area contributed by atoms with Crippen LogP contribution in [0.1, 0.15) is 24.3 Å². The quantitative estimate of drug-likeness (QED) is 0.891. The third-order valence-corrected chi connectivity index (χ3v) is 6.14. The second kappa shape index (κ2) is 7.88. The monoisotopic (exact) mass is 322 g/mol. The zero-order chi connectivity index (χ0) is 15.4. The molecule has 5 heteroatoms. The van der Waals surface area contributed by atoms with E-state index in [9.17, 15) is 0 Å². The number of hydrogen-bond donors (Lipinski definition) is 1. The highest BCUT2D eigenvalue weighted by atomic mass is 32.1. The van der Waals surface area contributed by atoms with Crippen molar-refractivity contribution < 1.29 is 0 Å². The van der Waals surface area contributed by atoms with Crippen molar-refractivity contribution in [3.63, 3.8) is 0 Å². The zero-order valence-electron chi connectivity index (χ0n) is 14.0. The molecule has 0 spiro atoms. The summed E-state index contributed by atoms with van der Waals surface area (Å²) >= 11 is 1.93. The summed E-state index contributed by atoms with van der Waals surface area (Å²) in [5.74, 6) is 0. The second-order valence-electron chi connectivity index (χ2n) is 6.64. The van der Waals surface area contributed by atoms with Crippen molar-refractivity contribution in [3.05, 3.63) is 22.4 Å². The van der Waals surface area contributed by atoms with Crippen LogP contribution in [0.5, 0.6) is 0 Å². The molecule has 1 aromatic heterocycles. The van der Waals surface area contributed by atoms with E-state index < -0.39 is 0 Å². The van der Waals surface area contributed by atoms with Crippen LogP contribution in [-0.2, 0) is 0 Å². The lowest BCUT2D eigenvalue weighted by Crippen LogP contribution is -2.55. The smallest absolute Gasteiger partial charge is 0.0572 e. The van der Waals surface area contributed by atoms with E-state index in [1.54, 1.807) is 4.88 Å². The van der Waals surface area contributed by atoms with Gasteiger partial charge in [0.15, 0.2) is 0 Å². The molecule has 3 rings (SSSR count). The molecule has 0 saturated carbocycles. The molecular weight excluding hydrogens is 292 g/mol. The Hall–Kier alpha value is -0.460. The Balaban J connectivity index is 1.72. The van der Waals surface area contributed by atoms with Gasteiger partial charge in [0.1, 0.15) is 0 Å². The lowest BCUT2D eigenvalue weighted by molar-refractivity contribution is 0.0603. The number of nitrogens with zero attached hydrogens (tertiary/aromatic N) is 3. The van der Waals surface area contributed by atoms with Crippen LogP contribution in [0.4, 0.5) is 0 Å². The number of likely N-dealkylation sites (N-methyl/N-ethyl adjacent to an activating group) is 1. The van der Waals surface area contributed by atoms with Gasteiger partial charge in [-0.3, -0.25) is 9.80 Å². The van der Waals surface area contributed by atoms with Crippen molar-refractivity contribution in [1.82, 2.24) is 20.0 Å². The first-order valence-corrected chi connectivity index (χ1v) is 9.56. The second-order valence-corrected chi connectivity index (χ2v) is 7.62. The summed E-state index contributed by atoms with van der Waals surface area (Å²) < 4.78 is 0. The molecule has 22 heavy (non-hydrogen) atoms. The van der Waals surface area contributed by atoms with Crippen LogP contribution in [0, 0.1) is 0 Å². The van der Waals surface area contributed by atoms with Gasteiger partial charge in [-0.25, -0.2) is 0 Å². The SMILES string of the molecule is CCC1CNCCN1C(CN1CCN(C)CC1)c1cccs1. The molecule has 1 aromatic rings. The Morgan fingerprint density at radius 3 is 2.77 bits per heavy atom. The normalized spacial score (nSPS) is 27.1. The predicted octanol–water partition coefficient (Wildman–Crippen LogP) is 1.72. The van der Waals surface area contributed by atoms with E-state index in [0.717, 1.165) is 13.1 Å². The van der Waals surface area contributed by atoms with Crippen molar-refractivity contribution in [2.75, 3.05) is 59.4 Å². The van der Waals surface area contributed by atoms with E-state index >= 15 is 0 Å². The number of nitrogens with one attached hydrogen (secondary N) is 1. The van der Waals surface area contributed by atoms with Gasteiger partial charge in [-0.2, -0.15) is 0 Å². The molecule has 1 N–H and O–H groups in total. The van der Waals surface area contributed by atoms with Crippen molar-refractivity contribution in [2.24, 2.45) is 0 Å². The van der Waals surface area contributed by atoms with Gasteiger partial charge in [-0.1, -0.05) is 13.0 Å². The van der Waals surface area contributed by atoms with Crippen LogP contribution < -0.4 is 5.32 Å². The summed E-state index contributed by atoms with van der Waals surface area (Å²) in [5, 5.41) is 5.80. The van der Waals surface area contributed by atoms with Crippen LogP contribution in [0.25, 0.3) is 0 Å². The molecule has 2 fully saturated rings. The van der Waals surface area contributed by atoms with Crippen LogP contribution in [0.15, 0.2) is 17.5 Å². The van der Waals surface area contributed by atoms with Crippen LogP contribution in [0.2, 0.25) is 0 Å². The average molecular weight is 323 g/mol. The van der Waals surface area contributed by atoms with Gasteiger partial charge in [0.05, 0.1) is 6.04 Å². The van der Waals surface area contributed by atoms with Crippen molar-refractivity contribution in [1.29, 1.82) is 0 Å². The molecule has 4 nitrogen and oxygen atoms in total. The maximum Gasteiger partial charge on any atom is 0.0572 e. The Bertz CT molecular complexity index is 428. The highest BCUT2D eigenvalue weighted by molar-refractivity contribution is 7.10. The molecular formula is C17H30N4S. The molecule has 124 valence electrons. The summed E-state index contributed by atoms with van der Waals surface area (Å²) in [6.45, 7) is 11.8. The first-order chi connectivity index (χ1) is 10.8. The van der Waals surface area contributed by atoms with Crippen LogP contribution >= 0.6 is 11.3 Å². The summed E-state index contributed by atoms with van der Waals surface area (Å²) in [6.07, 6.45) is 1.23. The van der Waals surface area contributed by atoms with E-state index in [2.05, 4.69) is 51.5 Å². The topological polar surface area (TPSA) is 21.8 Å². The zero-order valence-corrected chi connectivity index (χ0v) is 14.8. The van der Waals surface area contributed by atoms with Gasteiger partial charge < -0.3 is 10.2 Å². The molecule has 0 bridgehead atoms. The molecule has 2 atom stereocenters. The first kappa shape index (κ1) is 16.4. The average Bonchev–Trinajstić information content (AvgIpc) is 3.08. The summed E-state index contributed by atoms with van der Waals surface area (Å²) in [7, 11) is 2.23. The Morgan fingerprint density at radius 1 is 1.27 bits per heavy atom. The summed E-state index contributed by atoms with van der Waals surface area (Å²) in [4.78, 5) is 9.41. The molecule has 0 aliphatic carbocycles. The standard InChI is InChI=1S/C17H30N4S/c1-3-15-13-18-6-7-21(15)16(17-5-4-12-22-17)14-20-10-8-19(2)9-11-20/h4-5,12,15-16,18H,3,6-11,13-14H2,1-2H3. The molecule has 0 aromatic carbocycles. The van der Waals surface area contributed by atoms with E-state index in [-0.39, 0.29) is 0 Å². The van der Waals surface area contributed by atoms with E-state index in [4.69, 9.17) is 0 Å². The highest BCUT2D eigenvalue weighted by Gasteiger charge is 2.31. The lowest BCUT2D eigenvalue weighted by atomic mass is 10.0.